The number of thiocarbonyl (C=S) groups is 1. The third-order valence-electron chi connectivity index (χ3n) is 7.37. The molecule has 0 amide bonds. The molecule has 34 heavy (non-hydrogen) atoms. The minimum Gasteiger partial charge on any atom is -0.454 e. The van der Waals surface area contributed by atoms with Crippen LogP contribution in [-0.2, 0) is 12.0 Å². The summed E-state index contributed by atoms with van der Waals surface area (Å²) in [4.78, 5) is 2.69. The van der Waals surface area contributed by atoms with Crippen LogP contribution in [0.25, 0.3) is 0 Å². The van der Waals surface area contributed by atoms with Crippen LogP contribution in [-0.4, -0.2) is 41.0 Å². The number of hydrogen-bond acceptors (Lipinski definition) is 4. The summed E-state index contributed by atoms with van der Waals surface area (Å²) in [5.41, 5.74) is 2.86. The minimum atomic E-state index is -0.0400. The number of nitrogens with one attached hydrogen (secondary N) is 2. The second-order valence-electron chi connectivity index (χ2n) is 10.8. The van der Waals surface area contributed by atoms with Crippen LogP contribution in [0.2, 0.25) is 0 Å². The molecular weight excluding hydrogens is 466 g/mol. The Kier molecular flexibility index (Phi) is 7.32. The molecule has 0 aromatic heterocycles. The summed E-state index contributed by atoms with van der Waals surface area (Å²) in [7, 11) is 0. The molecule has 2 fully saturated rings. The third-order valence-corrected chi connectivity index (χ3v) is 7.59. The Hall–Kier alpha value is -2.02. The molecule has 0 unspecified atom stereocenters. The van der Waals surface area contributed by atoms with Gasteiger partial charge >= 0.3 is 0 Å². The van der Waals surface area contributed by atoms with Crippen LogP contribution in [0.4, 0.5) is 0 Å². The van der Waals surface area contributed by atoms with Crippen molar-refractivity contribution in [3.8, 4) is 11.5 Å². The number of likely N-dealkylation sites (tertiary alicyclic amines) is 1. The lowest BCUT2D eigenvalue weighted by Gasteiger charge is -2.46. The molecular formula is C27H36ClN3O2S. The average Bonchev–Trinajstić information content (AvgIpc) is 3.38. The van der Waals surface area contributed by atoms with Crippen molar-refractivity contribution in [3.63, 3.8) is 0 Å². The first-order valence-corrected chi connectivity index (χ1v) is 12.5. The van der Waals surface area contributed by atoms with Crippen LogP contribution in [0.1, 0.15) is 57.6 Å². The maximum Gasteiger partial charge on any atom is 0.231 e. The van der Waals surface area contributed by atoms with Crippen LogP contribution < -0.4 is 20.1 Å². The van der Waals surface area contributed by atoms with Crippen LogP contribution in [0.15, 0.2) is 48.5 Å². The van der Waals surface area contributed by atoms with E-state index in [1.54, 1.807) is 0 Å². The predicted octanol–water partition coefficient (Wildman–Crippen LogP) is 5.16. The SMILES string of the molecule is CC(C)(C)NC(=S)N[C@@H]1CC[C@@]2(c3ccc4c(c3)OCO4)CCN(Cc3ccccc3)[C@H]2C1.Cl. The molecule has 5 nitrogen and oxygen atoms in total. The van der Waals surface area contributed by atoms with E-state index in [-0.39, 0.29) is 23.4 Å². The Morgan fingerprint density at radius 1 is 1.09 bits per heavy atom. The molecule has 1 saturated heterocycles. The highest BCUT2D eigenvalue weighted by Gasteiger charge is 2.51. The molecule has 2 aromatic carbocycles. The Balaban J connectivity index is 0.00000274. The van der Waals surface area contributed by atoms with Gasteiger partial charge in [0.1, 0.15) is 0 Å². The third kappa shape index (κ3) is 5.14. The van der Waals surface area contributed by atoms with E-state index >= 15 is 0 Å². The zero-order valence-electron chi connectivity index (χ0n) is 20.3. The van der Waals surface area contributed by atoms with Crippen LogP contribution >= 0.6 is 24.6 Å². The van der Waals surface area contributed by atoms with Crippen molar-refractivity contribution in [1.29, 1.82) is 0 Å². The Bertz CT molecular complexity index is 1010. The summed E-state index contributed by atoms with van der Waals surface area (Å²) in [6, 6.07) is 18.3. The Morgan fingerprint density at radius 2 is 1.85 bits per heavy atom. The van der Waals surface area contributed by atoms with E-state index in [1.165, 1.54) is 17.5 Å². The Morgan fingerprint density at radius 3 is 2.62 bits per heavy atom. The highest BCUT2D eigenvalue weighted by Crippen LogP contribution is 2.51. The van der Waals surface area contributed by atoms with Crippen molar-refractivity contribution in [2.45, 2.75) is 76.0 Å². The van der Waals surface area contributed by atoms with Crippen LogP contribution in [0, 0.1) is 0 Å². The van der Waals surface area contributed by atoms with E-state index in [9.17, 15) is 0 Å². The van der Waals surface area contributed by atoms with E-state index in [4.69, 9.17) is 21.7 Å². The number of fused-ring (bicyclic) bond motifs is 2. The molecule has 0 bridgehead atoms. The lowest BCUT2D eigenvalue weighted by atomic mass is 9.65. The van der Waals surface area contributed by atoms with Gasteiger partial charge in [-0.2, -0.15) is 0 Å². The molecule has 3 atom stereocenters. The summed E-state index contributed by atoms with van der Waals surface area (Å²) in [5.74, 6) is 1.75. The predicted molar refractivity (Wildman–Crippen MR) is 143 cm³/mol. The zero-order valence-corrected chi connectivity index (χ0v) is 21.9. The van der Waals surface area contributed by atoms with Crippen molar-refractivity contribution >= 4 is 29.7 Å². The highest BCUT2D eigenvalue weighted by molar-refractivity contribution is 7.80. The van der Waals surface area contributed by atoms with Crippen LogP contribution in [0.3, 0.4) is 0 Å². The number of hydrogen-bond donors (Lipinski definition) is 2. The fraction of sp³-hybridized carbons (Fsp3) is 0.519. The fourth-order valence-corrected chi connectivity index (χ4v) is 6.36. The second-order valence-corrected chi connectivity index (χ2v) is 11.2. The van der Waals surface area contributed by atoms with E-state index < -0.39 is 0 Å². The molecule has 184 valence electrons. The van der Waals surface area contributed by atoms with Gasteiger partial charge in [-0.1, -0.05) is 36.4 Å². The van der Waals surface area contributed by atoms with Crippen molar-refractivity contribution in [2.75, 3.05) is 13.3 Å². The highest BCUT2D eigenvalue weighted by atomic mass is 35.5. The van der Waals surface area contributed by atoms with Gasteiger partial charge in [0, 0.05) is 29.6 Å². The van der Waals surface area contributed by atoms with E-state index in [0.29, 0.717) is 18.9 Å². The minimum absolute atomic E-state index is 0. The smallest absolute Gasteiger partial charge is 0.231 e. The summed E-state index contributed by atoms with van der Waals surface area (Å²) in [5, 5.41) is 7.81. The molecule has 0 spiro atoms. The summed E-state index contributed by atoms with van der Waals surface area (Å²) in [6.07, 6.45) is 4.49. The number of benzene rings is 2. The maximum atomic E-state index is 5.74. The van der Waals surface area contributed by atoms with Gasteiger partial charge < -0.3 is 20.1 Å². The van der Waals surface area contributed by atoms with Gasteiger partial charge in [-0.3, -0.25) is 4.90 Å². The van der Waals surface area contributed by atoms with Crippen molar-refractivity contribution in [1.82, 2.24) is 15.5 Å². The van der Waals surface area contributed by atoms with Gasteiger partial charge in [-0.25, -0.2) is 0 Å². The number of rotatable bonds is 4. The standard InChI is InChI=1S/C27H35N3O2S.ClH/c1-26(2,3)29-25(33)28-21-11-12-27(20-9-10-22-23(15-20)32-18-31-22)13-14-30(24(27)16-21)17-19-7-5-4-6-8-19;/h4-10,15,21,24H,11-14,16-18H2,1-3H3,(H2,28,29,33);1H/t21-,24+,27+;/m1./s1. The fourth-order valence-electron chi connectivity index (χ4n) is 5.89. The monoisotopic (exact) mass is 501 g/mol. The van der Waals surface area contributed by atoms with Crippen molar-refractivity contribution < 1.29 is 9.47 Å². The summed E-state index contributed by atoms with van der Waals surface area (Å²) < 4.78 is 11.3. The first-order chi connectivity index (χ1) is 15.8. The van der Waals surface area contributed by atoms with Crippen LogP contribution in [0.5, 0.6) is 11.5 Å². The van der Waals surface area contributed by atoms with Gasteiger partial charge in [0.15, 0.2) is 16.6 Å². The largest absolute Gasteiger partial charge is 0.454 e. The molecule has 5 rings (SSSR count). The lowest BCUT2D eigenvalue weighted by Crippen LogP contribution is -2.55. The lowest BCUT2D eigenvalue weighted by molar-refractivity contribution is 0.134. The quantitative estimate of drug-likeness (QED) is 0.564. The van der Waals surface area contributed by atoms with Crippen molar-refractivity contribution in [2.24, 2.45) is 0 Å². The molecule has 2 heterocycles. The molecule has 3 aliphatic rings. The number of nitrogens with zero attached hydrogens (tertiary/aromatic N) is 1. The van der Waals surface area contributed by atoms with Gasteiger partial charge in [0.05, 0.1) is 0 Å². The van der Waals surface area contributed by atoms with Gasteiger partial charge in [0.25, 0.3) is 0 Å². The molecule has 2 aromatic rings. The molecule has 2 aliphatic heterocycles. The molecule has 7 heteroatoms. The molecule has 0 radical (unpaired) electrons. The summed E-state index contributed by atoms with van der Waals surface area (Å²) >= 11 is 5.65. The van der Waals surface area contributed by atoms with Gasteiger partial charge in [-0.05, 0) is 88.5 Å². The van der Waals surface area contributed by atoms with E-state index in [2.05, 4.69) is 84.8 Å². The first-order valence-electron chi connectivity index (χ1n) is 12.1. The molecule has 1 aliphatic carbocycles. The number of halogens is 1. The topological polar surface area (TPSA) is 45.8 Å². The maximum absolute atomic E-state index is 5.74. The number of ether oxygens (including phenoxy) is 2. The Labute approximate surface area is 215 Å². The zero-order chi connectivity index (χ0) is 23.1. The van der Waals surface area contributed by atoms with E-state index in [1.807, 2.05) is 0 Å². The molecule has 2 N–H and O–H groups in total. The van der Waals surface area contributed by atoms with Gasteiger partial charge in [0.2, 0.25) is 6.79 Å². The molecule has 1 saturated carbocycles. The average molecular weight is 502 g/mol. The first kappa shape index (κ1) is 25.1. The van der Waals surface area contributed by atoms with Gasteiger partial charge in [-0.15, -0.1) is 12.4 Å². The second kappa shape index (κ2) is 9.92. The van der Waals surface area contributed by atoms with E-state index in [0.717, 1.165) is 49.0 Å². The normalized spacial score (nSPS) is 25.9. The summed E-state index contributed by atoms with van der Waals surface area (Å²) in [6.45, 7) is 8.83. The van der Waals surface area contributed by atoms with Crippen molar-refractivity contribution in [3.05, 3.63) is 59.7 Å².